The molecule has 256 valence electrons. The summed E-state index contributed by atoms with van der Waals surface area (Å²) in [4.78, 5) is 16.2. The van der Waals surface area contributed by atoms with Gasteiger partial charge in [-0.05, 0) is 143 Å². The van der Waals surface area contributed by atoms with Crippen molar-refractivity contribution in [3.8, 4) is 0 Å². The maximum Gasteiger partial charge on any atom is 0.373 e. The van der Waals surface area contributed by atoms with Crippen molar-refractivity contribution < 1.29 is 19.8 Å². The van der Waals surface area contributed by atoms with Gasteiger partial charge < -0.3 is 10.2 Å². The van der Waals surface area contributed by atoms with E-state index < -0.39 is 11.2 Å². The minimum atomic E-state index is -0.830. The molecule has 4 aliphatic rings. The Morgan fingerprint density at radius 2 is 1.60 bits per heavy atom. The third kappa shape index (κ3) is 9.00. The Balaban J connectivity index is 0.000000289. The lowest BCUT2D eigenvalue weighted by Crippen LogP contribution is -2.57. The van der Waals surface area contributed by atoms with Gasteiger partial charge in [0.2, 0.25) is 0 Å². The number of aliphatic hydroxyl groups is 2. The van der Waals surface area contributed by atoms with E-state index in [1.54, 1.807) is 6.08 Å². The highest BCUT2D eigenvalue weighted by atomic mass is 16.3. The van der Waals surface area contributed by atoms with Crippen LogP contribution in [-0.4, -0.2) is 27.6 Å². The van der Waals surface area contributed by atoms with Crippen LogP contribution < -0.4 is 0 Å². The van der Waals surface area contributed by atoms with E-state index in [-0.39, 0.29) is 17.5 Å². The lowest BCUT2D eigenvalue weighted by molar-refractivity contribution is -0.191. The van der Waals surface area contributed by atoms with Crippen LogP contribution in [0.1, 0.15) is 139 Å². The number of hydrogen-bond donors (Lipinski definition) is 2. The van der Waals surface area contributed by atoms with E-state index in [0.29, 0.717) is 29.1 Å². The van der Waals surface area contributed by atoms with E-state index in [0.717, 1.165) is 43.4 Å². The van der Waals surface area contributed by atoms with Gasteiger partial charge in [0, 0.05) is 0 Å². The van der Waals surface area contributed by atoms with Gasteiger partial charge in [0.15, 0.2) is 0 Å². The highest BCUT2D eigenvalue weighted by Crippen LogP contribution is 2.63. The number of fused-ring (bicyclic) bond motifs is 2. The second-order valence-electron chi connectivity index (χ2n) is 17.2. The summed E-state index contributed by atoms with van der Waals surface area (Å²) >= 11 is 0. The molecule has 0 aromatic rings. The molecule has 2 N–H and O–H groups in total. The summed E-state index contributed by atoms with van der Waals surface area (Å²) in [6.07, 6.45) is 18.8. The smallest absolute Gasteiger partial charge is 0.373 e. The van der Waals surface area contributed by atoms with Crippen LogP contribution in [0.4, 0.5) is 0 Å². The summed E-state index contributed by atoms with van der Waals surface area (Å²) in [5.41, 5.74) is 2.26. The predicted octanol–water partition coefficient (Wildman–Crippen LogP) is 10.3. The van der Waals surface area contributed by atoms with Crippen LogP contribution in [0.15, 0.2) is 49.6 Å². The molecule has 4 fully saturated rings. The van der Waals surface area contributed by atoms with Crippen LogP contribution in [0.3, 0.4) is 0 Å². The molecule has 0 heterocycles. The van der Waals surface area contributed by atoms with Crippen molar-refractivity contribution in [1.82, 2.24) is 0 Å². The molecule has 4 aliphatic carbocycles. The number of carbonyl (C=O) groups excluding carboxylic acids is 2. The van der Waals surface area contributed by atoms with Gasteiger partial charge in [-0.3, -0.25) is 0 Å². The largest absolute Gasteiger partial charge is 0.390 e. The first-order valence-corrected chi connectivity index (χ1v) is 17.8. The normalized spacial score (nSPS) is 39.9. The molecule has 0 bridgehead atoms. The monoisotopic (exact) mass is 625 g/mol. The molecule has 1 unspecified atom stereocenters. The molecule has 0 aromatic heterocycles. The van der Waals surface area contributed by atoms with Crippen LogP contribution in [0, 0.1) is 51.8 Å². The number of allylic oxidation sites excluding steroid dienone is 3. The van der Waals surface area contributed by atoms with Gasteiger partial charge >= 0.3 is 6.15 Å². The van der Waals surface area contributed by atoms with Crippen molar-refractivity contribution in [3.05, 3.63) is 49.6 Å². The highest BCUT2D eigenvalue weighted by molar-refractivity contribution is 5.20. The summed E-state index contributed by atoms with van der Waals surface area (Å²) in [5.74, 6) is 4.26. The minimum Gasteiger partial charge on any atom is -0.390 e. The fourth-order valence-electron chi connectivity index (χ4n) is 10.8. The van der Waals surface area contributed by atoms with Crippen LogP contribution in [0.5, 0.6) is 0 Å². The fourth-order valence-corrected chi connectivity index (χ4v) is 10.8. The second-order valence-corrected chi connectivity index (χ2v) is 17.2. The molecular formula is C41H68O4. The SMILES string of the molecule is C=CC(=C)CCC1C(=C)CC[C@H]2[C@H](C)[C@H](C)CC[C@]12C.C=C[C@](C)(O)CC[C@@H]1[C@@]2(C)CCCC(C)(C)[C@@H]2CC[C@@]1(C)O.O=C=O. The van der Waals surface area contributed by atoms with Gasteiger partial charge in [0.05, 0.1) is 11.2 Å². The zero-order valence-electron chi connectivity index (χ0n) is 30.4. The quantitative estimate of drug-likeness (QED) is 0.208. The van der Waals surface area contributed by atoms with Crippen LogP contribution in [0.25, 0.3) is 0 Å². The summed E-state index contributed by atoms with van der Waals surface area (Å²) in [5, 5.41) is 21.4. The van der Waals surface area contributed by atoms with Crippen molar-refractivity contribution in [1.29, 1.82) is 0 Å². The van der Waals surface area contributed by atoms with Crippen LogP contribution in [-0.2, 0) is 9.59 Å². The molecule has 0 amide bonds. The van der Waals surface area contributed by atoms with Crippen molar-refractivity contribution >= 4 is 6.15 Å². The molecular weight excluding hydrogens is 556 g/mol. The zero-order valence-corrected chi connectivity index (χ0v) is 30.4. The third-order valence-corrected chi connectivity index (χ3v) is 13.8. The summed E-state index contributed by atoms with van der Waals surface area (Å²) in [7, 11) is 0. The molecule has 4 rings (SSSR count). The van der Waals surface area contributed by atoms with Crippen LogP contribution >= 0.6 is 0 Å². The Kier molecular flexibility index (Phi) is 13.5. The Hall–Kier alpha value is -1.74. The van der Waals surface area contributed by atoms with E-state index in [2.05, 4.69) is 67.9 Å². The predicted molar refractivity (Wildman–Crippen MR) is 187 cm³/mol. The van der Waals surface area contributed by atoms with Gasteiger partial charge in [-0.15, -0.1) is 6.58 Å². The molecule has 4 heteroatoms. The number of rotatable bonds is 8. The van der Waals surface area contributed by atoms with E-state index in [9.17, 15) is 10.2 Å². The van der Waals surface area contributed by atoms with Crippen molar-refractivity contribution in [2.75, 3.05) is 0 Å². The molecule has 0 radical (unpaired) electrons. The van der Waals surface area contributed by atoms with Gasteiger partial charge in [0.1, 0.15) is 0 Å². The Morgan fingerprint density at radius 3 is 2.18 bits per heavy atom. The Bertz CT molecular complexity index is 1080. The summed E-state index contributed by atoms with van der Waals surface area (Å²) in [6.45, 7) is 34.6. The van der Waals surface area contributed by atoms with Crippen molar-refractivity contribution in [3.63, 3.8) is 0 Å². The molecule has 0 spiro atoms. The van der Waals surface area contributed by atoms with Gasteiger partial charge in [0.25, 0.3) is 0 Å². The van der Waals surface area contributed by atoms with E-state index in [1.165, 1.54) is 62.5 Å². The maximum absolute atomic E-state index is 11.1. The van der Waals surface area contributed by atoms with E-state index >= 15 is 0 Å². The van der Waals surface area contributed by atoms with E-state index in [1.807, 2.05) is 19.9 Å². The lowest BCUT2D eigenvalue weighted by atomic mass is 9.45. The molecule has 45 heavy (non-hydrogen) atoms. The minimum absolute atomic E-state index is 0.181. The molecule has 4 nitrogen and oxygen atoms in total. The van der Waals surface area contributed by atoms with E-state index in [4.69, 9.17) is 9.59 Å². The maximum atomic E-state index is 11.1. The van der Waals surface area contributed by atoms with Crippen LogP contribution in [0.2, 0.25) is 0 Å². The molecule has 10 atom stereocenters. The Morgan fingerprint density at radius 1 is 0.978 bits per heavy atom. The third-order valence-electron chi connectivity index (χ3n) is 13.8. The van der Waals surface area contributed by atoms with Gasteiger partial charge in [-0.2, -0.15) is 9.59 Å². The molecule has 4 saturated carbocycles. The first-order chi connectivity index (χ1) is 20.8. The highest BCUT2D eigenvalue weighted by Gasteiger charge is 2.57. The summed E-state index contributed by atoms with van der Waals surface area (Å²) < 4.78 is 0. The first-order valence-electron chi connectivity index (χ1n) is 17.8. The second kappa shape index (κ2) is 15.4. The fraction of sp³-hybridized carbons (Fsp3) is 0.780. The molecule has 0 aliphatic heterocycles. The van der Waals surface area contributed by atoms with Gasteiger partial charge in [-0.1, -0.05) is 91.0 Å². The zero-order chi connectivity index (χ0) is 34.4. The topological polar surface area (TPSA) is 74.6 Å². The van der Waals surface area contributed by atoms with Crippen molar-refractivity contribution in [2.45, 2.75) is 150 Å². The average molecular weight is 625 g/mol. The lowest BCUT2D eigenvalue weighted by Gasteiger charge is -2.61. The first kappa shape index (κ1) is 39.4. The van der Waals surface area contributed by atoms with Crippen molar-refractivity contribution in [2.24, 2.45) is 51.8 Å². The average Bonchev–Trinajstić information content (AvgIpc) is 2.94. The Labute approximate surface area is 276 Å². The summed E-state index contributed by atoms with van der Waals surface area (Å²) in [6, 6.07) is 0. The molecule has 0 aromatic carbocycles. The molecule has 0 saturated heterocycles. The standard InChI is InChI=1S/C20H36O2.C20H32.CO2/c1-7-18(4,21)13-9-16-19(5)12-8-11-17(2,3)15(19)10-14-20(16,6)22;1-7-14(2)8-10-18-16(4)9-11-19-17(5)15(3)12-13-20(18,19)6;2-1-3/h7,15-16,21-22H,1,8-14H2,2-6H3;7,15,17-19H,1-2,4,8-13H2,3,5-6H3;/t15-,16+,18-,19-,20+;15-,17-,18?,19+,20-;/m01./s1. The van der Waals surface area contributed by atoms with Gasteiger partial charge in [-0.25, -0.2) is 0 Å². The number of hydrogen-bond acceptors (Lipinski definition) is 4.